The van der Waals surface area contributed by atoms with Crippen LogP contribution in [-0.2, 0) is 28.6 Å². The van der Waals surface area contributed by atoms with E-state index in [4.69, 9.17) is 14.2 Å². The molecule has 0 saturated heterocycles. The van der Waals surface area contributed by atoms with Gasteiger partial charge >= 0.3 is 17.9 Å². The molecule has 1 atom stereocenters. The first-order valence-electron chi connectivity index (χ1n) is 32.4. The molecule has 0 heterocycles. The van der Waals surface area contributed by atoms with Crippen molar-refractivity contribution in [2.75, 3.05) is 13.2 Å². The number of hydrogen-bond donors (Lipinski definition) is 0. The maximum atomic E-state index is 12.9. The van der Waals surface area contributed by atoms with Gasteiger partial charge in [-0.3, -0.25) is 14.4 Å². The van der Waals surface area contributed by atoms with Gasteiger partial charge in [0.25, 0.3) is 0 Å². The number of carbonyl (C=O) groups is 3. The Kier molecular flexibility index (Phi) is 60.7. The van der Waals surface area contributed by atoms with E-state index in [1.54, 1.807) is 0 Å². The fourth-order valence-corrected chi connectivity index (χ4v) is 9.35. The molecule has 6 heteroatoms. The minimum Gasteiger partial charge on any atom is -0.462 e. The molecule has 0 bridgehead atoms. The molecule has 0 spiro atoms. The molecular weight excluding hydrogens is 925 g/mol. The number of ether oxygens (including phenoxy) is 3. The van der Waals surface area contributed by atoms with Gasteiger partial charge in [-0.15, -0.1) is 0 Å². The summed E-state index contributed by atoms with van der Waals surface area (Å²) in [4.78, 5) is 38.2. The minimum absolute atomic E-state index is 0.0732. The predicted molar refractivity (Wildman–Crippen MR) is 325 cm³/mol. The van der Waals surface area contributed by atoms with Crippen molar-refractivity contribution in [2.45, 2.75) is 335 Å². The average molecular weight is 1050 g/mol. The Labute approximate surface area is 465 Å². The molecule has 0 aliphatic rings. The van der Waals surface area contributed by atoms with Crippen LogP contribution in [0.5, 0.6) is 0 Å². The van der Waals surface area contributed by atoms with Crippen LogP contribution in [-0.4, -0.2) is 37.2 Å². The molecule has 0 aromatic heterocycles. The van der Waals surface area contributed by atoms with Crippen LogP contribution in [0.4, 0.5) is 0 Å². The van der Waals surface area contributed by atoms with E-state index in [0.29, 0.717) is 19.3 Å². The molecule has 0 aliphatic heterocycles. The summed E-state index contributed by atoms with van der Waals surface area (Å²) in [5.74, 6) is -0.865. The van der Waals surface area contributed by atoms with Crippen molar-refractivity contribution >= 4 is 17.9 Å². The van der Waals surface area contributed by atoms with Crippen LogP contribution in [0.1, 0.15) is 329 Å². The van der Waals surface area contributed by atoms with E-state index in [1.165, 1.54) is 199 Å². The predicted octanol–water partition coefficient (Wildman–Crippen LogP) is 22.1. The summed E-state index contributed by atoms with van der Waals surface area (Å²) in [6.45, 7) is 6.53. The molecule has 0 saturated carbocycles. The third-order valence-corrected chi connectivity index (χ3v) is 14.2. The lowest BCUT2D eigenvalue weighted by atomic mass is 10.0. The zero-order chi connectivity index (χ0) is 54.3. The molecule has 0 radical (unpaired) electrons. The highest BCUT2D eigenvalue weighted by molar-refractivity contribution is 5.71. The summed E-state index contributed by atoms with van der Waals surface area (Å²) in [6.07, 6.45) is 82.1. The molecule has 75 heavy (non-hydrogen) atoms. The zero-order valence-electron chi connectivity index (χ0n) is 49.8. The highest BCUT2D eigenvalue weighted by Gasteiger charge is 2.19. The summed E-state index contributed by atoms with van der Waals surface area (Å²) in [6, 6.07) is 0. The molecule has 434 valence electrons. The van der Waals surface area contributed by atoms with E-state index >= 15 is 0 Å². The smallest absolute Gasteiger partial charge is 0.306 e. The van der Waals surface area contributed by atoms with Crippen LogP contribution in [0.2, 0.25) is 0 Å². The Hall–Kier alpha value is -3.15. The van der Waals surface area contributed by atoms with E-state index < -0.39 is 6.10 Å². The van der Waals surface area contributed by atoms with Gasteiger partial charge in [-0.2, -0.15) is 0 Å². The summed E-state index contributed by atoms with van der Waals surface area (Å²) >= 11 is 0. The van der Waals surface area contributed by atoms with Crippen LogP contribution in [0.15, 0.2) is 72.9 Å². The second-order valence-electron chi connectivity index (χ2n) is 21.6. The second kappa shape index (κ2) is 63.4. The van der Waals surface area contributed by atoms with Crippen molar-refractivity contribution in [1.29, 1.82) is 0 Å². The third-order valence-electron chi connectivity index (χ3n) is 14.2. The molecular formula is C69H122O6. The Bertz CT molecular complexity index is 1390. The number of esters is 3. The molecule has 0 amide bonds. The van der Waals surface area contributed by atoms with Crippen molar-refractivity contribution in [3.05, 3.63) is 72.9 Å². The molecule has 1 unspecified atom stereocenters. The van der Waals surface area contributed by atoms with Crippen LogP contribution < -0.4 is 0 Å². The first-order chi connectivity index (χ1) is 37.0. The average Bonchev–Trinajstić information content (AvgIpc) is 3.41. The van der Waals surface area contributed by atoms with Crippen LogP contribution in [0, 0.1) is 0 Å². The first-order valence-corrected chi connectivity index (χ1v) is 32.4. The standard InChI is InChI=1S/C69H122O6/c1-4-7-10-13-16-19-21-23-25-27-29-31-33-34-36-37-39-41-43-45-47-50-53-56-59-62-68(71)74-65-66(64-73-67(70)61-58-55-52-49-18-15-12-9-6-3)75-69(72)63-60-57-54-51-48-46-44-42-40-38-35-32-30-28-26-24-22-20-17-14-11-8-5-2/h7,10,16,19,22-25,28-31,66H,4-6,8-9,11-15,17-18,20-21,26-27,32-65H2,1-3H3/b10-7-,19-16-,24-22-,25-23-,30-28-,31-29-. The summed E-state index contributed by atoms with van der Waals surface area (Å²) in [7, 11) is 0. The van der Waals surface area contributed by atoms with E-state index in [1.807, 2.05) is 0 Å². The first kappa shape index (κ1) is 71.8. The lowest BCUT2D eigenvalue weighted by Gasteiger charge is -2.18. The van der Waals surface area contributed by atoms with Crippen molar-refractivity contribution in [2.24, 2.45) is 0 Å². The number of rotatable bonds is 59. The van der Waals surface area contributed by atoms with Crippen LogP contribution >= 0.6 is 0 Å². The lowest BCUT2D eigenvalue weighted by molar-refractivity contribution is -0.167. The highest BCUT2D eigenvalue weighted by Crippen LogP contribution is 2.17. The monoisotopic (exact) mass is 1050 g/mol. The quantitative estimate of drug-likeness (QED) is 0.0261. The van der Waals surface area contributed by atoms with Gasteiger partial charge in [0.05, 0.1) is 0 Å². The number of unbranched alkanes of at least 4 members (excludes halogenated alkanes) is 36. The van der Waals surface area contributed by atoms with Gasteiger partial charge < -0.3 is 14.2 Å². The van der Waals surface area contributed by atoms with Gasteiger partial charge in [0.15, 0.2) is 6.10 Å². The van der Waals surface area contributed by atoms with Gasteiger partial charge in [-0.25, -0.2) is 0 Å². The number of hydrogen-bond acceptors (Lipinski definition) is 6. The Balaban J connectivity index is 4.19. The van der Waals surface area contributed by atoms with E-state index in [9.17, 15) is 14.4 Å². The van der Waals surface area contributed by atoms with E-state index in [0.717, 1.165) is 89.9 Å². The Morgan fingerprint density at radius 3 is 0.813 bits per heavy atom. The van der Waals surface area contributed by atoms with Crippen molar-refractivity contribution < 1.29 is 28.6 Å². The molecule has 0 N–H and O–H groups in total. The Morgan fingerprint density at radius 2 is 0.520 bits per heavy atom. The van der Waals surface area contributed by atoms with Gasteiger partial charge in [0, 0.05) is 19.3 Å². The van der Waals surface area contributed by atoms with E-state index in [2.05, 4.69) is 93.7 Å². The fraction of sp³-hybridized carbons (Fsp3) is 0.783. The fourth-order valence-electron chi connectivity index (χ4n) is 9.35. The van der Waals surface area contributed by atoms with Crippen LogP contribution in [0.3, 0.4) is 0 Å². The normalized spacial score (nSPS) is 12.5. The maximum absolute atomic E-state index is 12.9. The van der Waals surface area contributed by atoms with Crippen molar-refractivity contribution in [3.63, 3.8) is 0 Å². The molecule has 0 rings (SSSR count). The Morgan fingerprint density at radius 1 is 0.280 bits per heavy atom. The summed E-state index contributed by atoms with van der Waals surface area (Å²) in [5, 5.41) is 0. The number of carbonyl (C=O) groups excluding carboxylic acids is 3. The SMILES string of the molecule is CC/C=C\C/C=C\C/C=C\C/C=C\CCCCCCCCCCCCCCC(=O)OCC(COC(=O)CCCCCCCCCCC)OC(=O)CCCCCCCCCCCCC/C=C\C/C=C\CCCCCCC. The third kappa shape index (κ3) is 61.6. The van der Waals surface area contributed by atoms with E-state index in [-0.39, 0.29) is 31.1 Å². The highest BCUT2D eigenvalue weighted by atomic mass is 16.6. The summed E-state index contributed by atoms with van der Waals surface area (Å²) < 4.78 is 16.9. The molecule has 0 fully saturated rings. The van der Waals surface area contributed by atoms with Crippen molar-refractivity contribution in [1.82, 2.24) is 0 Å². The summed E-state index contributed by atoms with van der Waals surface area (Å²) in [5.41, 5.74) is 0. The van der Waals surface area contributed by atoms with Gasteiger partial charge in [0.1, 0.15) is 13.2 Å². The largest absolute Gasteiger partial charge is 0.462 e. The lowest BCUT2D eigenvalue weighted by Crippen LogP contribution is -2.30. The van der Waals surface area contributed by atoms with Crippen molar-refractivity contribution in [3.8, 4) is 0 Å². The van der Waals surface area contributed by atoms with Gasteiger partial charge in [-0.05, 0) is 89.9 Å². The van der Waals surface area contributed by atoms with Crippen LogP contribution in [0.25, 0.3) is 0 Å². The molecule has 0 aromatic carbocycles. The second-order valence-corrected chi connectivity index (χ2v) is 21.6. The molecule has 6 nitrogen and oxygen atoms in total. The molecule has 0 aromatic rings. The maximum Gasteiger partial charge on any atom is 0.306 e. The number of allylic oxidation sites excluding steroid dienone is 12. The minimum atomic E-state index is -0.775. The van der Waals surface area contributed by atoms with Gasteiger partial charge in [-0.1, -0.05) is 293 Å². The molecule has 0 aliphatic carbocycles. The van der Waals surface area contributed by atoms with Gasteiger partial charge in [0.2, 0.25) is 0 Å². The topological polar surface area (TPSA) is 78.9 Å². The zero-order valence-corrected chi connectivity index (χ0v) is 49.8.